The molecule has 0 aliphatic carbocycles. The summed E-state index contributed by atoms with van der Waals surface area (Å²) < 4.78 is 33.6. The number of hydrogen-bond acceptors (Lipinski definition) is 5. The van der Waals surface area contributed by atoms with Crippen LogP contribution in [0.1, 0.15) is 22.6 Å². The Balaban J connectivity index is 1.79. The Labute approximate surface area is 149 Å². The second-order valence-electron chi connectivity index (χ2n) is 5.57. The monoisotopic (exact) mass is 370 g/mol. The van der Waals surface area contributed by atoms with Crippen molar-refractivity contribution < 1.29 is 22.8 Å². The molecular weight excluding hydrogens is 350 g/mol. The molecule has 0 fully saturated rings. The number of rotatable bonds is 8. The maximum Gasteiger partial charge on any atom is 0.387 e. The lowest BCUT2D eigenvalue weighted by atomic mass is 10.2. The second-order valence-corrected chi connectivity index (χ2v) is 6.55. The molecule has 2 rings (SSSR count). The number of hydrogen-bond donors (Lipinski definition) is 0. The zero-order valence-electron chi connectivity index (χ0n) is 14.3. The van der Waals surface area contributed by atoms with E-state index in [2.05, 4.69) is 9.89 Å². The molecule has 0 saturated carbocycles. The first kappa shape index (κ1) is 19.2. The number of nitrogens with zero attached hydrogens (tertiary/aromatic N) is 2. The highest BCUT2D eigenvalue weighted by atomic mass is 32.2. The number of halogens is 2. The summed E-state index contributed by atoms with van der Waals surface area (Å²) in [6.45, 7) is 1.29. The van der Waals surface area contributed by atoms with Gasteiger partial charge in [0.05, 0.1) is 11.4 Å². The number of aryl methyl sites for hydroxylation is 2. The Morgan fingerprint density at radius 1 is 1.32 bits per heavy atom. The number of carbonyl (C=O) groups is 1. The summed E-state index contributed by atoms with van der Waals surface area (Å²) in [4.78, 5) is 13.8. The van der Waals surface area contributed by atoms with Gasteiger partial charge in [0.1, 0.15) is 11.5 Å². The summed E-state index contributed by atoms with van der Waals surface area (Å²) in [7, 11) is 1.71. The van der Waals surface area contributed by atoms with Crippen molar-refractivity contribution in [2.45, 2.75) is 32.8 Å². The number of alkyl halides is 2. The molecule has 136 valence electrons. The largest absolute Gasteiger partial charge is 0.435 e. The van der Waals surface area contributed by atoms with Crippen LogP contribution in [0.5, 0.6) is 5.75 Å². The lowest BCUT2D eigenvalue weighted by molar-refractivity contribution is -0.127. The lowest BCUT2D eigenvalue weighted by Gasteiger charge is -2.17. The summed E-state index contributed by atoms with van der Waals surface area (Å²) in [5.41, 5.74) is 2.71. The Morgan fingerprint density at radius 2 is 2.00 bits per heavy atom. The van der Waals surface area contributed by atoms with Gasteiger partial charge in [-0.15, -0.1) is 11.8 Å². The third-order valence-corrected chi connectivity index (χ3v) is 4.59. The summed E-state index contributed by atoms with van der Waals surface area (Å²) >= 11 is 1.50. The Kier molecular flexibility index (Phi) is 6.81. The fourth-order valence-corrected chi connectivity index (χ4v) is 3.31. The summed E-state index contributed by atoms with van der Waals surface area (Å²) in [6.07, 6.45) is 0. The molecule has 0 saturated heterocycles. The minimum atomic E-state index is -2.84. The molecule has 0 atom stereocenters. The van der Waals surface area contributed by atoms with Gasteiger partial charge < -0.3 is 14.2 Å². The van der Waals surface area contributed by atoms with Gasteiger partial charge in [0.15, 0.2) is 0 Å². The van der Waals surface area contributed by atoms with E-state index in [1.807, 2.05) is 13.8 Å². The quantitative estimate of drug-likeness (QED) is 0.708. The van der Waals surface area contributed by atoms with Crippen molar-refractivity contribution >= 4 is 17.7 Å². The van der Waals surface area contributed by atoms with Crippen LogP contribution in [-0.4, -0.2) is 35.4 Å². The molecule has 2 aromatic rings. The van der Waals surface area contributed by atoms with Gasteiger partial charge in [-0.3, -0.25) is 4.79 Å². The first-order valence-electron chi connectivity index (χ1n) is 7.64. The highest BCUT2D eigenvalue weighted by Gasteiger charge is 2.13. The Morgan fingerprint density at radius 3 is 2.56 bits per heavy atom. The van der Waals surface area contributed by atoms with Crippen molar-refractivity contribution in [3.05, 3.63) is 46.8 Å². The van der Waals surface area contributed by atoms with Crippen molar-refractivity contribution in [2.24, 2.45) is 0 Å². The van der Waals surface area contributed by atoms with Gasteiger partial charge in [-0.1, -0.05) is 17.3 Å². The van der Waals surface area contributed by atoms with Crippen LogP contribution in [0, 0.1) is 13.8 Å². The predicted molar refractivity (Wildman–Crippen MR) is 91.7 cm³/mol. The van der Waals surface area contributed by atoms with Crippen LogP contribution in [0.3, 0.4) is 0 Å². The normalized spacial score (nSPS) is 11.0. The fourth-order valence-electron chi connectivity index (χ4n) is 2.20. The molecule has 8 heteroatoms. The molecule has 0 N–H and O–H groups in total. The van der Waals surface area contributed by atoms with Crippen molar-refractivity contribution in [2.75, 3.05) is 12.8 Å². The third-order valence-electron chi connectivity index (χ3n) is 3.65. The van der Waals surface area contributed by atoms with Gasteiger partial charge in [0.25, 0.3) is 0 Å². The van der Waals surface area contributed by atoms with Crippen molar-refractivity contribution in [1.82, 2.24) is 10.1 Å². The zero-order chi connectivity index (χ0) is 18.4. The number of carbonyl (C=O) groups excluding carboxylic acids is 1. The molecule has 5 nitrogen and oxygen atoms in total. The SMILES string of the molecule is Cc1noc(C)c1CSCC(=O)N(C)Cc1ccc(OC(F)F)cc1. The van der Waals surface area contributed by atoms with E-state index in [0.29, 0.717) is 18.1 Å². The van der Waals surface area contributed by atoms with Crippen LogP contribution < -0.4 is 4.74 Å². The second kappa shape index (κ2) is 8.84. The van der Waals surface area contributed by atoms with Crippen LogP contribution >= 0.6 is 11.8 Å². The summed E-state index contributed by atoms with van der Waals surface area (Å²) in [6, 6.07) is 6.26. The maximum atomic E-state index is 12.2. The average Bonchev–Trinajstić information content (AvgIpc) is 2.88. The molecule has 1 heterocycles. The number of amides is 1. The van der Waals surface area contributed by atoms with Gasteiger partial charge in [-0.2, -0.15) is 8.78 Å². The maximum absolute atomic E-state index is 12.2. The van der Waals surface area contributed by atoms with E-state index >= 15 is 0 Å². The summed E-state index contributed by atoms with van der Waals surface area (Å²) in [5.74, 6) is 1.87. The number of benzene rings is 1. The van der Waals surface area contributed by atoms with E-state index < -0.39 is 6.61 Å². The fraction of sp³-hybridized carbons (Fsp3) is 0.412. The van der Waals surface area contributed by atoms with Crippen LogP contribution in [-0.2, 0) is 17.1 Å². The average molecular weight is 370 g/mol. The first-order valence-corrected chi connectivity index (χ1v) is 8.79. The van der Waals surface area contributed by atoms with E-state index in [0.717, 1.165) is 22.6 Å². The van der Waals surface area contributed by atoms with Gasteiger partial charge in [0, 0.05) is 24.9 Å². The molecule has 0 unspecified atom stereocenters. The Bertz CT molecular complexity index is 685. The molecule has 0 spiro atoms. The van der Waals surface area contributed by atoms with Crippen LogP contribution in [0.15, 0.2) is 28.8 Å². The molecule has 1 amide bonds. The van der Waals surface area contributed by atoms with Crippen LogP contribution in [0.2, 0.25) is 0 Å². The number of aromatic nitrogens is 1. The van der Waals surface area contributed by atoms with Crippen LogP contribution in [0.4, 0.5) is 8.78 Å². The van der Waals surface area contributed by atoms with Crippen molar-refractivity contribution in [1.29, 1.82) is 0 Å². The van der Waals surface area contributed by atoms with E-state index in [4.69, 9.17) is 4.52 Å². The highest BCUT2D eigenvalue weighted by molar-refractivity contribution is 7.99. The van der Waals surface area contributed by atoms with E-state index in [1.54, 1.807) is 24.1 Å². The van der Waals surface area contributed by atoms with Gasteiger partial charge >= 0.3 is 6.61 Å². The number of thioether (sulfide) groups is 1. The van der Waals surface area contributed by atoms with Gasteiger partial charge in [-0.05, 0) is 31.5 Å². The molecule has 0 bridgehead atoms. The zero-order valence-corrected chi connectivity index (χ0v) is 15.1. The topological polar surface area (TPSA) is 55.6 Å². The van der Waals surface area contributed by atoms with Gasteiger partial charge in [0.2, 0.25) is 5.91 Å². The highest BCUT2D eigenvalue weighted by Crippen LogP contribution is 2.20. The molecule has 1 aromatic heterocycles. The van der Waals surface area contributed by atoms with Crippen molar-refractivity contribution in [3.8, 4) is 5.75 Å². The number of ether oxygens (including phenoxy) is 1. The molecule has 25 heavy (non-hydrogen) atoms. The molecule has 0 aliphatic rings. The molecular formula is C17H20F2N2O3S. The lowest BCUT2D eigenvalue weighted by Crippen LogP contribution is -2.27. The van der Waals surface area contributed by atoms with Crippen LogP contribution in [0.25, 0.3) is 0 Å². The minimum absolute atomic E-state index is 0.00957. The summed E-state index contributed by atoms with van der Waals surface area (Å²) in [5, 5.41) is 3.89. The molecule has 1 aromatic carbocycles. The van der Waals surface area contributed by atoms with E-state index in [1.165, 1.54) is 23.9 Å². The standard InChI is InChI=1S/C17H20F2N2O3S/c1-11-15(12(2)24-20-11)9-25-10-16(22)21(3)8-13-4-6-14(7-5-13)23-17(18)19/h4-7,17H,8-10H2,1-3H3. The molecule has 0 aliphatic heterocycles. The van der Waals surface area contributed by atoms with E-state index in [9.17, 15) is 13.6 Å². The third kappa shape index (κ3) is 5.74. The first-order chi connectivity index (χ1) is 11.9. The Hall–Kier alpha value is -2.09. The smallest absolute Gasteiger partial charge is 0.387 e. The molecule has 0 radical (unpaired) electrons. The van der Waals surface area contributed by atoms with E-state index in [-0.39, 0.29) is 11.7 Å². The predicted octanol–water partition coefficient (Wildman–Crippen LogP) is 3.78. The van der Waals surface area contributed by atoms with Gasteiger partial charge in [-0.25, -0.2) is 0 Å². The minimum Gasteiger partial charge on any atom is -0.435 e. The van der Waals surface area contributed by atoms with Crippen molar-refractivity contribution in [3.63, 3.8) is 0 Å².